The van der Waals surface area contributed by atoms with Crippen molar-refractivity contribution in [2.24, 2.45) is 0 Å². The summed E-state index contributed by atoms with van der Waals surface area (Å²) < 4.78 is 0. The van der Waals surface area contributed by atoms with Gasteiger partial charge in [0.1, 0.15) is 11.3 Å². The van der Waals surface area contributed by atoms with Crippen LogP contribution in [0.5, 0.6) is 0 Å². The van der Waals surface area contributed by atoms with E-state index in [9.17, 15) is 0 Å². The molecule has 56 valence electrons. The van der Waals surface area contributed by atoms with E-state index in [0.717, 1.165) is 23.0 Å². The van der Waals surface area contributed by atoms with E-state index in [1.807, 2.05) is 0 Å². The third-order valence-electron chi connectivity index (χ3n) is 1.44. The van der Waals surface area contributed by atoms with Crippen molar-refractivity contribution in [3.63, 3.8) is 0 Å². The number of nitrogens with zero attached hydrogens (tertiary/aromatic N) is 3. The molecule has 0 aromatic carbocycles. The third-order valence-corrected chi connectivity index (χ3v) is 1.82. The van der Waals surface area contributed by atoms with Crippen LogP contribution < -0.4 is 0 Å². The minimum absolute atomic E-state index is 0.828. The number of H-pyrrole nitrogens is 1. The Bertz CT molecular complexity index is 336. The zero-order valence-electron chi connectivity index (χ0n) is 5.78. The number of hydrogen-bond donors (Lipinski definition) is 1. The average Bonchev–Trinajstić information content (AvgIpc) is 2.46. The van der Waals surface area contributed by atoms with Crippen molar-refractivity contribution in [3.05, 3.63) is 18.2 Å². The molecule has 2 aromatic rings. The molecule has 11 heavy (non-hydrogen) atoms. The quantitative estimate of drug-likeness (QED) is 0.635. The molecule has 0 aliphatic heterocycles. The van der Waals surface area contributed by atoms with E-state index < -0.39 is 0 Å². The number of nitrogens with one attached hydrogen (secondary N) is 1. The summed E-state index contributed by atoms with van der Waals surface area (Å²) in [6.07, 6.45) is 4.15. The number of aromatic amines is 1. The zero-order valence-corrected chi connectivity index (χ0v) is 6.94. The van der Waals surface area contributed by atoms with Crippen LogP contribution in [0.3, 0.4) is 0 Å². The van der Waals surface area contributed by atoms with E-state index in [-0.39, 0.29) is 0 Å². The van der Waals surface area contributed by atoms with E-state index in [1.165, 1.54) is 0 Å². The summed E-state index contributed by atoms with van der Waals surface area (Å²) in [6, 6.07) is 0. The fraction of sp³-hybridized carbons (Fsp3) is 0.167. The number of hydrogen-bond acceptors (Lipinski definition) is 3. The van der Waals surface area contributed by atoms with Crippen molar-refractivity contribution in [1.82, 2.24) is 20.2 Å². The van der Waals surface area contributed by atoms with Crippen molar-refractivity contribution >= 4 is 20.3 Å². The lowest BCUT2D eigenvalue weighted by atomic mass is 10.5. The Morgan fingerprint density at radius 3 is 2.91 bits per heavy atom. The van der Waals surface area contributed by atoms with E-state index >= 15 is 0 Å². The SMILES string of the molecule is PCc1nc2cnncc2[nH]1. The molecular formula is C6H7N4P. The van der Waals surface area contributed by atoms with Gasteiger partial charge in [0.2, 0.25) is 0 Å². The van der Waals surface area contributed by atoms with Gasteiger partial charge in [-0.3, -0.25) is 0 Å². The first-order valence-corrected chi connectivity index (χ1v) is 4.07. The molecule has 0 fully saturated rings. The molecular weight excluding hydrogens is 159 g/mol. The Morgan fingerprint density at radius 2 is 2.18 bits per heavy atom. The van der Waals surface area contributed by atoms with Crippen molar-refractivity contribution < 1.29 is 0 Å². The van der Waals surface area contributed by atoms with E-state index in [4.69, 9.17) is 0 Å². The summed E-state index contributed by atoms with van der Waals surface area (Å²) in [4.78, 5) is 7.36. The molecule has 0 aliphatic rings. The highest BCUT2D eigenvalue weighted by Gasteiger charge is 1.98. The second kappa shape index (κ2) is 2.55. The highest BCUT2D eigenvalue weighted by molar-refractivity contribution is 7.15. The van der Waals surface area contributed by atoms with Gasteiger partial charge in [0.15, 0.2) is 0 Å². The smallest absolute Gasteiger partial charge is 0.111 e. The number of imidazole rings is 1. The molecule has 1 atom stereocenters. The van der Waals surface area contributed by atoms with Crippen LogP contribution in [0.15, 0.2) is 12.4 Å². The predicted molar refractivity (Wildman–Crippen MR) is 45.1 cm³/mol. The summed E-state index contributed by atoms with van der Waals surface area (Å²) >= 11 is 0. The van der Waals surface area contributed by atoms with Crippen molar-refractivity contribution in [2.75, 3.05) is 0 Å². The normalized spacial score (nSPS) is 10.6. The summed E-state index contributed by atoms with van der Waals surface area (Å²) in [6.45, 7) is 0. The molecule has 2 heterocycles. The number of aromatic nitrogens is 4. The van der Waals surface area contributed by atoms with E-state index in [0.29, 0.717) is 0 Å². The van der Waals surface area contributed by atoms with Gasteiger partial charge >= 0.3 is 0 Å². The van der Waals surface area contributed by atoms with Gasteiger partial charge in [0, 0.05) is 6.16 Å². The molecule has 2 aromatic heterocycles. The number of fused-ring (bicyclic) bond motifs is 1. The van der Waals surface area contributed by atoms with Crippen LogP contribution in [0.1, 0.15) is 5.82 Å². The Kier molecular flexibility index (Phi) is 1.55. The minimum Gasteiger partial charge on any atom is -0.340 e. The van der Waals surface area contributed by atoms with E-state index in [2.05, 4.69) is 29.4 Å². The first-order valence-electron chi connectivity index (χ1n) is 3.25. The third kappa shape index (κ3) is 1.10. The van der Waals surface area contributed by atoms with Crippen LogP contribution in [0.4, 0.5) is 0 Å². The highest BCUT2D eigenvalue weighted by atomic mass is 31.0. The van der Waals surface area contributed by atoms with Crippen LogP contribution in [0.2, 0.25) is 0 Å². The van der Waals surface area contributed by atoms with Gasteiger partial charge in [0.05, 0.1) is 17.9 Å². The zero-order chi connectivity index (χ0) is 7.68. The van der Waals surface area contributed by atoms with Gasteiger partial charge in [-0.25, -0.2) is 4.98 Å². The molecule has 0 radical (unpaired) electrons. The molecule has 2 rings (SSSR count). The molecule has 4 nitrogen and oxygen atoms in total. The first kappa shape index (κ1) is 6.68. The standard InChI is InChI=1S/C6H7N4P/c11-3-6-9-4-1-7-8-2-5(4)10-6/h1-2H,3,11H2,(H,9,10). The second-order valence-electron chi connectivity index (χ2n) is 2.18. The lowest BCUT2D eigenvalue weighted by Crippen LogP contribution is -1.76. The van der Waals surface area contributed by atoms with Gasteiger partial charge in [0.25, 0.3) is 0 Å². The second-order valence-corrected chi connectivity index (χ2v) is 2.58. The Balaban J connectivity index is 2.69. The first-order chi connectivity index (χ1) is 5.40. The fourth-order valence-corrected chi connectivity index (χ4v) is 1.12. The van der Waals surface area contributed by atoms with Gasteiger partial charge in [-0.1, -0.05) is 0 Å². The van der Waals surface area contributed by atoms with E-state index in [1.54, 1.807) is 12.4 Å². The van der Waals surface area contributed by atoms with Gasteiger partial charge in [-0.15, -0.1) is 9.24 Å². The molecule has 1 N–H and O–H groups in total. The highest BCUT2D eigenvalue weighted by Crippen LogP contribution is 2.09. The summed E-state index contributed by atoms with van der Waals surface area (Å²) in [5.41, 5.74) is 1.81. The van der Waals surface area contributed by atoms with Gasteiger partial charge in [-0.2, -0.15) is 10.2 Å². The monoisotopic (exact) mass is 166 g/mol. The molecule has 0 saturated heterocycles. The van der Waals surface area contributed by atoms with Crippen molar-refractivity contribution in [3.8, 4) is 0 Å². The summed E-state index contributed by atoms with van der Waals surface area (Å²) in [5.74, 6) is 0.944. The maximum Gasteiger partial charge on any atom is 0.111 e. The lowest BCUT2D eigenvalue weighted by molar-refractivity contribution is 1.05. The lowest BCUT2D eigenvalue weighted by Gasteiger charge is -1.81. The van der Waals surface area contributed by atoms with Crippen LogP contribution in [-0.4, -0.2) is 20.2 Å². The largest absolute Gasteiger partial charge is 0.340 e. The molecule has 0 amide bonds. The molecule has 0 bridgehead atoms. The predicted octanol–water partition coefficient (Wildman–Crippen LogP) is 0.728. The van der Waals surface area contributed by atoms with Gasteiger partial charge < -0.3 is 4.98 Å². The van der Waals surface area contributed by atoms with Crippen LogP contribution >= 0.6 is 9.24 Å². The Hall–Kier alpha value is -1.02. The summed E-state index contributed by atoms with van der Waals surface area (Å²) in [7, 11) is 2.61. The number of rotatable bonds is 1. The molecule has 0 aliphatic carbocycles. The molecule has 0 spiro atoms. The molecule has 5 heteroatoms. The topological polar surface area (TPSA) is 54.5 Å². The average molecular weight is 166 g/mol. The molecule has 1 unspecified atom stereocenters. The maximum absolute atomic E-state index is 4.25. The Morgan fingerprint density at radius 1 is 1.36 bits per heavy atom. The van der Waals surface area contributed by atoms with Crippen LogP contribution in [-0.2, 0) is 6.16 Å². The maximum atomic E-state index is 4.25. The Labute approximate surface area is 65.6 Å². The molecule has 0 saturated carbocycles. The van der Waals surface area contributed by atoms with Crippen LogP contribution in [0, 0.1) is 0 Å². The summed E-state index contributed by atoms with van der Waals surface area (Å²) in [5, 5.41) is 7.45. The van der Waals surface area contributed by atoms with Crippen molar-refractivity contribution in [1.29, 1.82) is 0 Å². The van der Waals surface area contributed by atoms with Crippen molar-refractivity contribution in [2.45, 2.75) is 6.16 Å². The van der Waals surface area contributed by atoms with Gasteiger partial charge in [-0.05, 0) is 0 Å². The minimum atomic E-state index is 0.828. The van der Waals surface area contributed by atoms with Crippen LogP contribution in [0.25, 0.3) is 11.0 Å². The fourth-order valence-electron chi connectivity index (χ4n) is 0.926.